The summed E-state index contributed by atoms with van der Waals surface area (Å²) >= 11 is 1.50. The molecule has 5 nitrogen and oxygen atoms in total. The van der Waals surface area contributed by atoms with Gasteiger partial charge in [0.05, 0.1) is 23.9 Å². The molecular weight excluding hydrogens is 368 g/mol. The zero-order valence-corrected chi connectivity index (χ0v) is 15.7. The Morgan fingerprint density at radius 2 is 1.79 bits per heavy atom. The molecule has 0 spiro atoms. The molecule has 0 unspecified atom stereocenters. The highest BCUT2D eigenvalue weighted by Crippen LogP contribution is 2.30. The maximum absolute atomic E-state index is 13.2. The van der Waals surface area contributed by atoms with Crippen molar-refractivity contribution in [2.75, 3.05) is 0 Å². The standard InChI is InChI=1S/C22H16N4OS/c27-22-20-19(17-5-2-1-3-6-17)14-28-21(20)23-15-25(22)13-16-7-9-18(10-8-16)26-12-4-11-24-26/h1-12,14-15H,13H2. The molecule has 0 saturated heterocycles. The van der Waals surface area contributed by atoms with Gasteiger partial charge in [-0.2, -0.15) is 5.10 Å². The average Bonchev–Trinajstić information content (AvgIpc) is 3.42. The van der Waals surface area contributed by atoms with Gasteiger partial charge in [-0.25, -0.2) is 9.67 Å². The molecule has 0 saturated carbocycles. The quantitative estimate of drug-likeness (QED) is 0.463. The lowest BCUT2D eigenvalue weighted by atomic mass is 10.1. The number of hydrogen-bond donors (Lipinski definition) is 0. The molecule has 0 atom stereocenters. The fraction of sp³-hybridized carbons (Fsp3) is 0.0455. The summed E-state index contributed by atoms with van der Waals surface area (Å²) in [6.07, 6.45) is 5.29. The minimum atomic E-state index is -0.0127. The van der Waals surface area contributed by atoms with E-state index in [-0.39, 0.29) is 5.56 Å². The van der Waals surface area contributed by atoms with E-state index in [0.29, 0.717) is 11.9 Å². The number of thiophene rings is 1. The van der Waals surface area contributed by atoms with Gasteiger partial charge in [0.25, 0.3) is 5.56 Å². The molecule has 0 fully saturated rings. The first-order chi connectivity index (χ1) is 13.8. The van der Waals surface area contributed by atoms with Crippen LogP contribution in [0.2, 0.25) is 0 Å². The van der Waals surface area contributed by atoms with E-state index >= 15 is 0 Å². The van der Waals surface area contributed by atoms with Crippen LogP contribution in [-0.2, 0) is 6.54 Å². The van der Waals surface area contributed by atoms with Crippen LogP contribution >= 0.6 is 11.3 Å². The van der Waals surface area contributed by atoms with E-state index < -0.39 is 0 Å². The highest BCUT2D eigenvalue weighted by Gasteiger charge is 2.13. The molecule has 0 N–H and O–H groups in total. The molecule has 2 aromatic carbocycles. The van der Waals surface area contributed by atoms with Gasteiger partial charge in [-0.3, -0.25) is 9.36 Å². The van der Waals surface area contributed by atoms with Crippen LogP contribution in [0.4, 0.5) is 0 Å². The van der Waals surface area contributed by atoms with E-state index in [2.05, 4.69) is 10.1 Å². The molecule has 0 bridgehead atoms. The fourth-order valence-corrected chi connectivity index (χ4v) is 4.19. The molecule has 136 valence electrons. The lowest BCUT2D eigenvalue weighted by Crippen LogP contribution is -2.21. The van der Waals surface area contributed by atoms with E-state index in [0.717, 1.165) is 27.2 Å². The fourth-order valence-electron chi connectivity index (χ4n) is 3.28. The van der Waals surface area contributed by atoms with Crippen molar-refractivity contribution < 1.29 is 0 Å². The Morgan fingerprint density at radius 1 is 0.964 bits per heavy atom. The highest BCUT2D eigenvalue weighted by atomic mass is 32.1. The topological polar surface area (TPSA) is 52.7 Å². The Hall–Kier alpha value is -3.51. The molecular formula is C22H16N4OS. The van der Waals surface area contributed by atoms with Crippen molar-refractivity contribution in [2.45, 2.75) is 6.54 Å². The normalized spacial score (nSPS) is 11.1. The Labute approximate surface area is 165 Å². The first kappa shape index (κ1) is 16.6. The maximum atomic E-state index is 13.2. The van der Waals surface area contributed by atoms with Crippen LogP contribution in [0, 0.1) is 0 Å². The highest BCUT2D eigenvalue weighted by molar-refractivity contribution is 7.17. The lowest BCUT2D eigenvalue weighted by Gasteiger charge is -2.08. The predicted octanol–water partition coefficient (Wildman–Crippen LogP) is 4.36. The van der Waals surface area contributed by atoms with Crippen molar-refractivity contribution in [3.05, 3.63) is 101 Å². The van der Waals surface area contributed by atoms with Gasteiger partial charge in [0.1, 0.15) is 4.83 Å². The molecule has 5 aromatic rings. The number of benzene rings is 2. The third-order valence-corrected chi connectivity index (χ3v) is 5.59. The van der Waals surface area contributed by atoms with Crippen LogP contribution in [0.3, 0.4) is 0 Å². The summed E-state index contributed by atoms with van der Waals surface area (Å²) in [5, 5.41) is 6.93. The van der Waals surface area contributed by atoms with Crippen LogP contribution < -0.4 is 5.56 Å². The Morgan fingerprint density at radius 3 is 2.54 bits per heavy atom. The van der Waals surface area contributed by atoms with Gasteiger partial charge < -0.3 is 0 Å². The van der Waals surface area contributed by atoms with E-state index in [9.17, 15) is 4.79 Å². The summed E-state index contributed by atoms with van der Waals surface area (Å²) in [5.74, 6) is 0. The molecule has 3 heterocycles. The molecule has 6 heteroatoms. The number of aromatic nitrogens is 4. The number of hydrogen-bond acceptors (Lipinski definition) is 4. The van der Waals surface area contributed by atoms with Crippen molar-refractivity contribution in [2.24, 2.45) is 0 Å². The SMILES string of the molecule is O=c1c2c(-c3ccccc3)csc2ncn1Cc1ccc(-n2cccn2)cc1. The summed E-state index contributed by atoms with van der Waals surface area (Å²) in [7, 11) is 0. The summed E-state index contributed by atoms with van der Waals surface area (Å²) in [5.41, 5.74) is 3.99. The van der Waals surface area contributed by atoms with E-state index in [4.69, 9.17) is 0 Å². The van der Waals surface area contributed by atoms with Crippen molar-refractivity contribution >= 4 is 21.6 Å². The van der Waals surface area contributed by atoms with Crippen LogP contribution in [0.1, 0.15) is 5.56 Å². The Balaban J connectivity index is 1.51. The van der Waals surface area contributed by atoms with Gasteiger partial charge in [0.2, 0.25) is 0 Å². The van der Waals surface area contributed by atoms with Crippen LogP contribution in [0.25, 0.3) is 27.0 Å². The molecule has 0 aliphatic rings. The summed E-state index contributed by atoms with van der Waals surface area (Å²) in [6, 6.07) is 19.9. The van der Waals surface area contributed by atoms with Crippen LogP contribution in [-0.4, -0.2) is 19.3 Å². The smallest absolute Gasteiger partial charge is 0.263 e. The summed E-state index contributed by atoms with van der Waals surface area (Å²) in [4.78, 5) is 18.4. The van der Waals surface area contributed by atoms with Gasteiger partial charge >= 0.3 is 0 Å². The minimum absolute atomic E-state index is 0.0127. The van der Waals surface area contributed by atoms with Crippen molar-refractivity contribution in [1.29, 1.82) is 0 Å². The molecule has 0 aliphatic heterocycles. The van der Waals surface area contributed by atoms with Gasteiger partial charge in [-0.15, -0.1) is 11.3 Å². The second-order valence-electron chi connectivity index (χ2n) is 6.49. The van der Waals surface area contributed by atoms with Crippen LogP contribution in [0.5, 0.6) is 0 Å². The number of rotatable bonds is 4. The largest absolute Gasteiger partial charge is 0.294 e. The molecule has 0 radical (unpaired) electrons. The average molecular weight is 384 g/mol. The summed E-state index contributed by atoms with van der Waals surface area (Å²) in [6.45, 7) is 0.477. The third-order valence-electron chi connectivity index (χ3n) is 4.70. The Kier molecular flexibility index (Phi) is 4.10. The van der Waals surface area contributed by atoms with Gasteiger partial charge in [-0.05, 0) is 29.3 Å². The molecule has 28 heavy (non-hydrogen) atoms. The maximum Gasteiger partial charge on any atom is 0.263 e. The van der Waals surface area contributed by atoms with Crippen molar-refractivity contribution in [3.8, 4) is 16.8 Å². The lowest BCUT2D eigenvalue weighted by molar-refractivity contribution is 0.748. The van der Waals surface area contributed by atoms with Gasteiger partial charge in [0.15, 0.2) is 0 Å². The third kappa shape index (κ3) is 2.93. The van der Waals surface area contributed by atoms with Crippen molar-refractivity contribution in [3.63, 3.8) is 0 Å². The van der Waals surface area contributed by atoms with E-state index in [1.165, 1.54) is 11.3 Å². The van der Waals surface area contributed by atoms with Crippen molar-refractivity contribution in [1.82, 2.24) is 19.3 Å². The second-order valence-corrected chi connectivity index (χ2v) is 7.35. The monoisotopic (exact) mass is 384 g/mol. The number of nitrogens with zero attached hydrogens (tertiary/aromatic N) is 4. The molecule has 0 aliphatic carbocycles. The zero-order chi connectivity index (χ0) is 18.9. The molecule has 3 aromatic heterocycles. The van der Waals surface area contributed by atoms with Crippen LogP contribution in [0.15, 0.2) is 89.6 Å². The van der Waals surface area contributed by atoms with Gasteiger partial charge in [-0.1, -0.05) is 42.5 Å². The molecule has 0 amide bonds. The second kappa shape index (κ2) is 6.90. The first-order valence-corrected chi connectivity index (χ1v) is 9.78. The molecule has 5 rings (SSSR count). The minimum Gasteiger partial charge on any atom is -0.294 e. The number of fused-ring (bicyclic) bond motifs is 1. The Bertz CT molecular complexity index is 1290. The van der Waals surface area contributed by atoms with E-state index in [1.807, 2.05) is 72.2 Å². The van der Waals surface area contributed by atoms with E-state index in [1.54, 1.807) is 21.8 Å². The first-order valence-electron chi connectivity index (χ1n) is 8.90. The zero-order valence-electron chi connectivity index (χ0n) is 14.9. The summed E-state index contributed by atoms with van der Waals surface area (Å²) < 4.78 is 3.48. The van der Waals surface area contributed by atoms with Gasteiger partial charge in [0, 0.05) is 23.3 Å². The predicted molar refractivity (Wildman–Crippen MR) is 112 cm³/mol.